The number of methoxy groups -OCH3 is 1. The molecule has 0 aliphatic rings. The molecule has 5 rings (SSSR count). The monoisotopic (exact) mass is 681 g/mol. The minimum Gasteiger partial charge on any atom is -0.492 e. The highest BCUT2D eigenvalue weighted by atomic mass is 32.2. The van der Waals surface area contributed by atoms with E-state index in [2.05, 4.69) is 25.3 Å². The largest absolute Gasteiger partial charge is 0.492 e. The van der Waals surface area contributed by atoms with E-state index in [1.165, 1.54) is 23.9 Å². The Hall–Kier alpha value is -5.18. The van der Waals surface area contributed by atoms with Gasteiger partial charge in [-0.15, -0.1) is 5.10 Å². The van der Waals surface area contributed by atoms with Gasteiger partial charge in [-0.1, -0.05) is 44.2 Å². The van der Waals surface area contributed by atoms with E-state index in [9.17, 15) is 26.4 Å². The predicted molar refractivity (Wildman–Crippen MR) is 177 cm³/mol. The smallest absolute Gasteiger partial charge is 0.416 e. The van der Waals surface area contributed by atoms with Crippen LogP contribution >= 0.6 is 0 Å². The third-order valence-corrected chi connectivity index (χ3v) is 8.23. The van der Waals surface area contributed by atoms with E-state index in [0.29, 0.717) is 34.0 Å². The van der Waals surface area contributed by atoms with Gasteiger partial charge in [0, 0.05) is 18.2 Å². The van der Waals surface area contributed by atoms with Crippen molar-refractivity contribution < 1.29 is 31.1 Å². The molecule has 11 nitrogen and oxygen atoms in total. The van der Waals surface area contributed by atoms with Crippen LogP contribution in [-0.2, 0) is 28.7 Å². The van der Waals surface area contributed by atoms with E-state index in [1.807, 2.05) is 27.7 Å². The maximum atomic E-state index is 13.6. The summed E-state index contributed by atoms with van der Waals surface area (Å²) in [6.07, 6.45) is -0.184. The lowest BCUT2D eigenvalue weighted by atomic mass is 9.86. The maximum absolute atomic E-state index is 13.6. The van der Waals surface area contributed by atoms with Crippen LogP contribution < -0.4 is 14.8 Å². The average Bonchev–Trinajstić information content (AvgIpc) is 3.62. The molecule has 2 aromatic heterocycles. The highest BCUT2D eigenvalue weighted by Gasteiger charge is 2.30. The molecule has 3 aromatic carbocycles. The minimum absolute atomic E-state index is 0.155. The number of imidazole rings is 1. The summed E-state index contributed by atoms with van der Waals surface area (Å²) in [6.45, 7) is 7.74. The van der Waals surface area contributed by atoms with Crippen molar-refractivity contribution in [2.45, 2.75) is 39.3 Å². The molecule has 0 bridgehead atoms. The van der Waals surface area contributed by atoms with Crippen molar-refractivity contribution >= 4 is 27.3 Å². The van der Waals surface area contributed by atoms with Crippen LogP contribution in [0.1, 0.15) is 47.8 Å². The molecule has 0 aliphatic heterocycles. The third kappa shape index (κ3) is 7.20. The van der Waals surface area contributed by atoms with Gasteiger partial charge < -0.3 is 14.6 Å². The third-order valence-electron chi connectivity index (χ3n) is 7.64. The van der Waals surface area contributed by atoms with Crippen molar-refractivity contribution in [2.24, 2.45) is 7.05 Å². The molecule has 0 aliphatic carbocycles. The van der Waals surface area contributed by atoms with Crippen molar-refractivity contribution in [3.63, 3.8) is 0 Å². The van der Waals surface area contributed by atoms with Crippen LogP contribution in [0.3, 0.4) is 0 Å². The second-order valence-corrected chi connectivity index (χ2v) is 14.1. The van der Waals surface area contributed by atoms with Gasteiger partial charge in [0.25, 0.3) is 5.91 Å². The van der Waals surface area contributed by atoms with Crippen LogP contribution in [-0.4, -0.2) is 52.2 Å². The summed E-state index contributed by atoms with van der Waals surface area (Å²) in [6, 6.07) is 13.2. The highest BCUT2D eigenvalue weighted by Crippen LogP contribution is 2.39. The van der Waals surface area contributed by atoms with Gasteiger partial charge in [-0.25, -0.2) is 18.1 Å². The normalized spacial score (nSPS) is 12.2. The van der Waals surface area contributed by atoms with Gasteiger partial charge in [0.2, 0.25) is 10.0 Å². The number of sulfonamides is 1. The van der Waals surface area contributed by atoms with Gasteiger partial charge in [0.15, 0.2) is 5.75 Å². The van der Waals surface area contributed by atoms with Crippen molar-refractivity contribution in [2.75, 3.05) is 23.4 Å². The van der Waals surface area contributed by atoms with E-state index in [-0.39, 0.29) is 22.5 Å². The fourth-order valence-corrected chi connectivity index (χ4v) is 5.62. The topological polar surface area (TPSA) is 133 Å². The predicted octanol–water partition coefficient (Wildman–Crippen LogP) is 6.59. The fraction of sp³-hybridized carbons (Fsp3) is 0.273. The van der Waals surface area contributed by atoms with Gasteiger partial charge in [0.1, 0.15) is 11.5 Å². The molecule has 0 saturated carbocycles. The SMILES string of the molecule is COc1c(NC(=O)c2ccc(C)c(-n3cc(-c4cnc(-c5ccc(C(F)(F)F)cc5)n4C)nn3)c2)cc(C(C)(C)C)cc1NS(C)(=O)=O. The second kappa shape index (κ2) is 12.4. The number of ether oxygens (including phenoxy) is 1. The van der Waals surface area contributed by atoms with E-state index in [0.717, 1.165) is 29.5 Å². The van der Waals surface area contributed by atoms with Gasteiger partial charge in [-0.2, -0.15) is 13.2 Å². The zero-order valence-corrected chi connectivity index (χ0v) is 28.1. The summed E-state index contributed by atoms with van der Waals surface area (Å²) in [4.78, 5) is 18.0. The Labute approximate surface area is 275 Å². The summed E-state index contributed by atoms with van der Waals surface area (Å²) >= 11 is 0. The van der Waals surface area contributed by atoms with E-state index in [4.69, 9.17) is 4.74 Å². The first kappa shape index (κ1) is 34.2. The Balaban J connectivity index is 1.44. The Morgan fingerprint density at radius 3 is 2.23 bits per heavy atom. The number of carbonyl (C=O) groups is 1. The molecule has 252 valence electrons. The van der Waals surface area contributed by atoms with Crippen molar-refractivity contribution in [3.8, 4) is 34.2 Å². The molecule has 0 unspecified atom stereocenters. The molecule has 15 heteroatoms. The first-order valence-corrected chi connectivity index (χ1v) is 16.5. The molecule has 5 aromatic rings. The molecular weight excluding hydrogens is 647 g/mol. The van der Waals surface area contributed by atoms with Crippen LogP contribution in [0.25, 0.3) is 28.5 Å². The quantitative estimate of drug-likeness (QED) is 0.189. The Kier molecular flexibility index (Phi) is 8.86. The standard InChI is InChI=1S/C33H34F3N7O4S/c1-19-8-9-21(31(44)38-24-15-23(32(2,3)4)16-25(29(24)47-6)40-48(7,45)46)14-27(19)43-18-26(39-41-43)28-17-37-30(42(28)5)20-10-12-22(13-11-20)33(34,35)36/h8-18,40H,1-7H3,(H,38,44). The molecule has 0 spiro atoms. The number of hydrogen-bond donors (Lipinski definition) is 2. The zero-order valence-electron chi connectivity index (χ0n) is 27.3. The number of rotatable bonds is 8. The van der Waals surface area contributed by atoms with Gasteiger partial charge in [-0.05, 0) is 59.9 Å². The molecule has 2 N–H and O–H groups in total. The number of aromatic nitrogens is 5. The number of anilines is 2. The first-order chi connectivity index (χ1) is 22.4. The van der Waals surface area contributed by atoms with E-state index in [1.54, 1.807) is 54.3 Å². The van der Waals surface area contributed by atoms with Crippen LogP contribution in [0.5, 0.6) is 5.75 Å². The molecule has 48 heavy (non-hydrogen) atoms. The van der Waals surface area contributed by atoms with E-state index < -0.39 is 27.7 Å². The number of aryl methyl sites for hydroxylation is 1. The first-order valence-electron chi connectivity index (χ1n) is 14.6. The summed E-state index contributed by atoms with van der Waals surface area (Å²) < 4.78 is 74.5. The number of halogens is 3. The fourth-order valence-electron chi connectivity index (χ4n) is 5.07. The lowest BCUT2D eigenvalue weighted by Gasteiger charge is -2.24. The molecule has 0 radical (unpaired) electrons. The Morgan fingerprint density at radius 2 is 1.62 bits per heavy atom. The molecule has 0 atom stereocenters. The zero-order chi connectivity index (χ0) is 35.2. The van der Waals surface area contributed by atoms with Crippen LogP contribution in [0.15, 0.2) is 67.0 Å². The van der Waals surface area contributed by atoms with Crippen molar-refractivity contribution in [3.05, 3.63) is 89.2 Å². The van der Waals surface area contributed by atoms with Crippen molar-refractivity contribution in [1.82, 2.24) is 24.5 Å². The number of hydrogen-bond acceptors (Lipinski definition) is 7. The second-order valence-electron chi connectivity index (χ2n) is 12.3. The maximum Gasteiger partial charge on any atom is 0.416 e. The van der Waals surface area contributed by atoms with Gasteiger partial charge in [0.05, 0.1) is 54.1 Å². The number of nitrogens with zero attached hydrogens (tertiary/aromatic N) is 5. The highest BCUT2D eigenvalue weighted by molar-refractivity contribution is 7.92. The van der Waals surface area contributed by atoms with Gasteiger partial charge in [-0.3, -0.25) is 9.52 Å². The molecule has 2 heterocycles. The summed E-state index contributed by atoms with van der Waals surface area (Å²) in [5.41, 5.74) is 3.30. The average molecular weight is 682 g/mol. The van der Waals surface area contributed by atoms with E-state index >= 15 is 0 Å². The molecular formula is C33H34F3N7O4S. The number of amides is 1. The van der Waals surface area contributed by atoms with Gasteiger partial charge >= 0.3 is 6.18 Å². The lowest BCUT2D eigenvalue weighted by Crippen LogP contribution is -2.18. The summed E-state index contributed by atoms with van der Waals surface area (Å²) in [5.74, 6) is 0.130. The van der Waals surface area contributed by atoms with Crippen LogP contribution in [0, 0.1) is 6.92 Å². The Bertz CT molecular complexity index is 2110. The summed E-state index contributed by atoms with van der Waals surface area (Å²) in [5, 5.41) is 11.4. The van der Waals surface area contributed by atoms with Crippen LogP contribution in [0.4, 0.5) is 24.5 Å². The number of carbonyl (C=O) groups excluding carboxylic acids is 1. The molecule has 1 amide bonds. The Morgan fingerprint density at radius 1 is 0.958 bits per heavy atom. The number of alkyl halides is 3. The molecule has 0 fully saturated rings. The van der Waals surface area contributed by atoms with Crippen LogP contribution in [0.2, 0.25) is 0 Å². The lowest BCUT2D eigenvalue weighted by molar-refractivity contribution is -0.137. The summed E-state index contributed by atoms with van der Waals surface area (Å²) in [7, 11) is -0.540. The number of benzene rings is 3. The number of nitrogens with one attached hydrogen (secondary N) is 2. The molecule has 0 saturated heterocycles. The minimum atomic E-state index is -4.44. The van der Waals surface area contributed by atoms with Crippen molar-refractivity contribution in [1.29, 1.82) is 0 Å².